The zero-order valence-corrected chi connectivity index (χ0v) is 9.88. The van der Waals surface area contributed by atoms with Crippen molar-refractivity contribution in [2.45, 2.75) is 46.2 Å². The van der Waals surface area contributed by atoms with E-state index in [9.17, 15) is 0 Å². The van der Waals surface area contributed by atoms with Crippen molar-refractivity contribution in [3.05, 3.63) is 29.6 Å². The lowest BCUT2D eigenvalue weighted by atomic mass is 10.0. The first-order valence-electron chi connectivity index (χ1n) is 5.75. The number of hydrogen-bond acceptors (Lipinski definition) is 2. The minimum absolute atomic E-state index is 0.552. The van der Waals surface area contributed by atoms with Crippen molar-refractivity contribution < 1.29 is 0 Å². The van der Waals surface area contributed by atoms with E-state index in [1.54, 1.807) is 0 Å². The van der Waals surface area contributed by atoms with Gasteiger partial charge in [-0.2, -0.15) is 0 Å². The topological polar surface area (TPSA) is 24.9 Å². The maximum absolute atomic E-state index is 4.16. The van der Waals surface area contributed by atoms with Crippen LogP contribution in [0, 0.1) is 12.3 Å². The van der Waals surface area contributed by atoms with E-state index in [0.29, 0.717) is 11.5 Å². The SMILES string of the molecule is Cc1ccncc1CNC(C)C1(C)CC1. The molecule has 0 aliphatic heterocycles. The summed E-state index contributed by atoms with van der Waals surface area (Å²) in [5.41, 5.74) is 3.19. The average Bonchev–Trinajstić information content (AvgIpc) is 2.96. The number of aryl methyl sites for hydroxylation is 1. The van der Waals surface area contributed by atoms with Crippen molar-refractivity contribution in [2.24, 2.45) is 5.41 Å². The van der Waals surface area contributed by atoms with E-state index in [2.05, 4.69) is 37.1 Å². The van der Waals surface area contributed by atoms with Gasteiger partial charge in [-0.05, 0) is 49.3 Å². The third-order valence-corrected chi connectivity index (χ3v) is 3.83. The highest BCUT2D eigenvalue weighted by Gasteiger charge is 2.42. The molecule has 1 aromatic heterocycles. The van der Waals surface area contributed by atoms with E-state index in [-0.39, 0.29) is 0 Å². The molecule has 1 aliphatic rings. The summed E-state index contributed by atoms with van der Waals surface area (Å²) in [7, 11) is 0. The Morgan fingerprint density at radius 3 is 2.87 bits per heavy atom. The highest BCUT2D eigenvalue weighted by Crippen LogP contribution is 2.47. The van der Waals surface area contributed by atoms with Crippen molar-refractivity contribution in [3.8, 4) is 0 Å². The minimum atomic E-state index is 0.552. The molecular weight excluding hydrogens is 184 g/mol. The summed E-state index contributed by atoms with van der Waals surface area (Å²) in [5, 5.41) is 3.60. The first-order chi connectivity index (χ1) is 7.12. The average molecular weight is 204 g/mol. The molecule has 1 aromatic rings. The number of nitrogens with zero attached hydrogens (tertiary/aromatic N) is 1. The van der Waals surface area contributed by atoms with Crippen LogP contribution in [-0.4, -0.2) is 11.0 Å². The molecule has 0 bridgehead atoms. The van der Waals surface area contributed by atoms with Crippen LogP contribution < -0.4 is 5.32 Å². The molecular formula is C13H20N2. The second-order valence-electron chi connectivity index (χ2n) is 5.06. The fraction of sp³-hybridized carbons (Fsp3) is 0.615. The smallest absolute Gasteiger partial charge is 0.0315 e. The predicted octanol–water partition coefficient (Wildman–Crippen LogP) is 2.67. The summed E-state index contributed by atoms with van der Waals surface area (Å²) in [4.78, 5) is 4.16. The van der Waals surface area contributed by atoms with Gasteiger partial charge in [0.05, 0.1) is 0 Å². The van der Waals surface area contributed by atoms with Crippen LogP contribution in [0.25, 0.3) is 0 Å². The van der Waals surface area contributed by atoms with Crippen molar-refractivity contribution >= 4 is 0 Å². The normalized spacial score (nSPS) is 19.9. The van der Waals surface area contributed by atoms with E-state index in [1.807, 2.05) is 12.4 Å². The zero-order chi connectivity index (χ0) is 10.9. The third-order valence-electron chi connectivity index (χ3n) is 3.83. The van der Waals surface area contributed by atoms with E-state index in [4.69, 9.17) is 0 Å². The molecule has 0 spiro atoms. The van der Waals surface area contributed by atoms with Crippen LogP contribution in [0.1, 0.15) is 37.8 Å². The number of pyridine rings is 1. The number of aromatic nitrogens is 1. The lowest BCUT2D eigenvalue weighted by molar-refractivity contribution is 0.379. The van der Waals surface area contributed by atoms with Crippen LogP contribution in [0.2, 0.25) is 0 Å². The van der Waals surface area contributed by atoms with Gasteiger partial charge in [0.15, 0.2) is 0 Å². The first kappa shape index (κ1) is 10.6. The van der Waals surface area contributed by atoms with Crippen LogP contribution in [0.5, 0.6) is 0 Å². The van der Waals surface area contributed by atoms with Gasteiger partial charge in [-0.15, -0.1) is 0 Å². The third kappa shape index (κ3) is 2.37. The molecule has 0 radical (unpaired) electrons. The lowest BCUT2D eigenvalue weighted by Crippen LogP contribution is -2.32. The molecule has 82 valence electrons. The molecule has 1 unspecified atom stereocenters. The number of nitrogens with one attached hydrogen (secondary N) is 1. The van der Waals surface area contributed by atoms with Gasteiger partial charge in [-0.1, -0.05) is 6.92 Å². The van der Waals surface area contributed by atoms with Gasteiger partial charge in [0.2, 0.25) is 0 Å². The van der Waals surface area contributed by atoms with Crippen molar-refractivity contribution in [1.82, 2.24) is 10.3 Å². The van der Waals surface area contributed by atoms with Crippen LogP contribution in [0.3, 0.4) is 0 Å². The second kappa shape index (κ2) is 3.93. The molecule has 0 aromatic carbocycles. The number of hydrogen-bond donors (Lipinski definition) is 1. The zero-order valence-electron chi connectivity index (χ0n) is 9.88. The predicted molar refractivity (Wildman–Crippen MR) is 62.6 cm³/mol. The maximum Gasteiger partial charge on any atom is 0.0315 e. The Bertz CT molecular complexity index is 342. The molecule has 1 heterocycles. The Morgan fingerprint density at radius 2 is 2.27 bits per heavy atom. The Kier molecular flexibility index (Phi) is 2.79. The van der Waals surface area contributed by atoms with Gasteiger partial charge in [0.1, 0.15) is 0 Å². The molecule has 1 fully saturated rings. The molecule has 1 N–H and O–H groups in total. The summed E-state index contributed by atoms with van der Waals surface area (Å²) in [6.07, 6.45) is 6.55. The summed E-state index contributed by atoms with van der Waals surface area (Å²) >= 11 is 0. The van der Waals surface area contributed by atoms with Gasteiger partial charge in [0.25, 0.3) is 0 Å². The summed E-state index contributed by atoms with van der Waals surface area (Å²) in [6.45, 7) is 7.73. The Hall–Kier alpha value is -0.890. The van der Waals surface area contributed by atoms with Crippen LogP contribution >= 0.6 is 0 Å². The van der Waals surface area contributed by atoms with Gasteiger partial charge in [-0.3, -0.25) is 4.98 Å². The van der Waals surface area contributed by atoms with Crippen molar-refractivity contribution in [2.75, 3.05) is 0 Å². The van der Waals surface area contributed by atoms with E-state index >= 15 is 0 Å². The molecule has 2 nitrogen and oxygen atoms in total. The van der Waals surface area contributed by atoms with E-state index in [1.165, 1.54) is 24.0 Å². The molecule has 1 saturated carbocycles. The summed E-state index contributed by atoms with van der Waals surface area (Å²) in [5.74, 6) is 0. The lowest BCUT2D eigenvalue weighted by Gasteiger charge is -2.20. The summed E-state index contributed by atoms with van der Waals surface area (Å²) in [6, 6.07) is 2.68. The Labute approximate surface area is 92.1 Å². The summed E-state index contributed by atoms with van der Waals surface area (Å²) < 4.78 is 0. The molecule has 0 amide bonds. The minimum Gasteiger partial charge on any atom is -0.310 e. The molecule has 2 rings (SSSR count). The van der Waals surface area contributed by atoms with Crippen molar-refractivity contribution in [1.29, 1.82) is 0 Å². The quantitative estimate of drug-likeness (QED) is 0.815. The largest absolute Gasteiger partial charge is 0.310 e. The first-order valence-corrected chi connectivity index (χ1v) is 5.75. The fourth-order valence-corrected chi connectivity index (χ4v) is 1.82. The molecule has 0 saturated heterocycles. The standard InChI is InChI=1S/C13H20N2/c1-10-4-7-14-8-12(10)9-15-11(2)13(3)5-6-13/h4,7-8,11,15H,5-6,9H2,1-3H3. The Balaban J connectivity index is 1.90. The number of rotatable bonds is 4. The van der Waals surface area contributed by atoms with E-state index in [0.717, 1.165) is 6.54 Å². The van der Waals surface area contributed by atoms with Gasteiger partial charge in [0, 0.05) is 25.0 Å². The second-order valence-corrected chi connectivity index (χ2v) is 5.06. The molecule has 15 heavy (non-hydrogen) atoms. The van der Waals surface area contributed by atoms with Crippen LogP contribution in [0.15, 0.2) is 18.5 Å². The van der Waals surface area contributed by atoms with E-state index < -0.39 is 0 Å². The highest BCUT2D eigenvalue weighted by atomic mass is 14.9. The maximum atomic E-state index is 4.16. The fourth-order valence-electron chi connectivity index (χ4n) is 1.82. The molecule has 2 heteroatoms. The van der Waals surface area contributed by atoms with Gasteiger partial charge >= 0.3 is 0 Å². The van der Waals surface area contributed by atoms with Crippen molar-refractivity contribution in [3.63, 3.8) is 0 Å². The monoisotopic (exact) mass is 204 g/mol. The molecule has 1 atom stereocenters. The van der Waals surface area contributed by atoms with Crippen LogP contribution in [0.4, 0.5) is 0 Å². The van der Waals surface area contributed by atoms with Gasteiger partial charge < -0.3 is 5.32 Å². The Morgan fingerprint density at radius 1 is 1.53 bits per heavy atom. The van der Waals surface area contributed by atoms with Crippen LogP contribution in [-0.2, 0) is 6.54 Å². The van der Waals surface area contributed by atoms with Gasteiger partial charge in [-0.25, -0.2) is 0 Å². The molecule has 1 aliphatic carbocycles. The highest BCUT2D eigenvalue weighted by molar-refractivity contribution is 5.21.